The summed E-state index contributed by atoms with van der Waals surface area (Å²) in [5.74, 6) is 0. The number of halogens is 1. The van der Waals surface area contributed by atoms with Crippen LogP contribution in [0.15, 0.2) is 30.6 Å². The van der Waals surface area contributed by atoms with E-state index in [-0.39, 0.29) is 5.28 Å². The third-order valence-electron chi connectivity index (χ3n) is 3.33. The van der Waals surface area contributed by atoms with E-state index in [1.807, 2.05) is 16.9 Å². The van der Waals surface area contributed by atoms with Crippen molar-refractivity contribution in [1.29, 1.82) is 0 Å². The number of hydrogen-bond acceptors (Lipinski definition) is 3. The predicted molar refractivity (Wildman–Crippen MR) is 80.9 cm³/mol. The summed E-state index contributed by atoms with van der Waals surface area (Å²) in [6.45, 7) is 6.33. The molecule has 0 bridgehead atoms. The molecule has 2 aromatic heterocycles. The van der Waals surface area contributed by atoms with Gasteiger partial charge in [-0.15, -0.1) is 0 Å². The summed E-state index contributed by atoms with van der Waals surface area (Å²) in [4.78, 5) is 8.20. The quantitative estimate of drug-likeness (QED) is 0.668. The normalized spacial score (nSPS) is 11.4. The van der Waals surface area contributed by atoms with Crippen LogP contribution in [0.25, 0.3) is 22.2 Å². The lowest BCUT2D eigenvalue weighted by Crippen LogP contribution is -2.02. The molecule has 0 saturated heterocycles. The van der Waals surface area contributed by atoms with E-state index in [2.05, 4.69) is 48.0 Å². The number of nitrogens with zero attached hydrogens (tertiary/aromatic N) is 4. The average molecular weight is 287 g/mol. The molecule has 0 aliphatic carbocycles. The van der Waals surface area contributed by atoms with Gasteiger partial charge in [0.05, 0.1) is 17.4 Å². The largest absolute Gasteiger partial charge is 0.262 e. The Balaban J connectivity index is 2.25. The van der Waals surface area contributed by atoms with Crippen molar-refractivity contribution in [3.8, 4) is 11.3 Å². The van der Waals surface area contributed by atoms with Gasteiger partial charge in [-0.25, -0.2) is 9.97 Å². The van der Waals surface area contributed by atoms with Gasteiger partial charge in [0.1, 0.15) is 0 Å². The lowest BCUT2D eigenvalue weighted by atomic mass is 10.0. The van der Waals surface area contributed by atoms with Gasteiger partial charge in [-0.3, -0.25) is 4.68 Å². The molecule has 1 aromatic carbocycles. The Morgan fingerprint density at radius 2 is 2.05 bits per heavy atom. The van der Waals surface area contributed by atoms with E-state index in [9.17, 15) is 0 Å². The lowest BCUT2D eigenvalue weighted by molar-refractivity contribution is 0.551. The zero-order valence-electron chi connectivity index (χ0n) is 11.6. The summed E-state index contributed by atoms with van der Waals surface area (Å²) in [6.07, 6.45) is 3.59. The van der Waals surface area contributed by atoms with Crippen molar-refractivity contribution in [1.82, 2.24) is 19.7 Å². The minimum Gasteiger partial charge on any atom is -0.262 e. The second kappa shape index (κ2) is 4.87. The van der Waals surface area contributed by atoms with Crippen molar-refractivity contribution in [2.24, 2.45) is 0 Å². The average Bonchev–Trinajstić information content (AvgIpc) is 2.83. The maximum atomic E-state index is 5.87. The number of fused-ring (bicyclic) bond motifs is 1. The summed E-state index contributed by atoms with van der Waals surface area (Å²) < 4.78 is 2.02. The fraction of sp³-hybridized carbons (Fsp3) is 0.267. The van der Waals surface area contributed by atoms with Gasteiger partial charge in [-0.1, -0.05) is 0 Å². The Morgan fingerprint density at radius 3 is 2.75 bits per heavy atom. The van der Waals surface area contributed by atoms with Gasteiger partial charge in [0.2, 0.25) is 5.28 Å². The van der Waals surface area contributed by atoms with E-state index < -0.39 is 0 Å². The summed E-state index contributed by atoms with van der Waals surface area (Å²) in [7, 11) is 0. The maximum Gasteiger partial charge on any atom is 0.222 e. The zero-order chi connectivity index (χ0) is 14.3. The highest BCUT2D eigenvalue weighted by atomic mass is 35.5. The summed E-state index contributed by atoms with van der Waals surface area (Å²) in [5.41, 5.74) is 4.15. The van der Waals surface area contributed by atoms with Gasteiger partial charge in [0, 0.05) is 23.2 Å². The molecule has 0 fully saturated rings. The van der Waals surface area contributed by atoms with Crippen LogP contribution in [0, 0.1) is 6.92 Å². The standard InChI is InChI=1S/C15H15ClN4/c1-9(2)20-14-7-11(6-10(3)12(14)8-18-20)13-4-5-17-15(16)19-13/h4-9H,1-3H3. The van der Waals surface area contributed by atoms with Crippen LogP contribution in [0.2, 0.25) is 5.28 Å². The summed E-state index contributed by atoms with van der Waals surface area (Å²) >= 11 is 5.87. The molecule has 5 heteroatoms. The number of rotatable bonds is 2. The minimum absolute atomic E-state index is 0.262. The first kappa shape index (κ1) is 13.1. The van der Waals surface area contributed by atoms with E-state index in [4.69, 9.17) is 11.6 Å². The van der Waals surface area contributed by atoms with Crippen LogP contribution >= 0.6 is 11.6 Å². The molecule has 2 heterocycles. The Labute approximate surface area is 122 Å². The van der Waals surface area contributed by atoms with Gasteiger partial charge in [-0.05, 0) is 56.1 Å². The van der Waals surface area contributed by atoms with Gasteiger partial charge < -0.3 is 0 Å². The second-order valence-electron chi connectivity index (χ2n) is 5.12. The molecule has 4 nitrogen and oxygen atoms in total. The summed E-state index contributed by atoms with van der Waals surface area (Å²) in [5, 5.41) is 5.90. The minimum atomic E-state index is 0.262. The molecule has 0 N–H and O–H groups in total. The fourth-order valence-corrected chi connectivity index (χ4v) is 2.52. The SMILES string of the molecule is Cc1cc(-c2ccnc(Cl)n2)cc2c1cnn2C(C)C. The molecule has 0 saturated carbocycles. The number of benzene rings is 1. The molecule has 3 aromatic rings. The third-order valence-corrected chi connectivity index (χ3v) is 3.52. The Bertz CT molecular complexity index is 777. The van der Waals surface area contributed by atoms with Crippen LogP contribution in [0.1, 0.15) is 25.5 Å². The van der Waals surface area contributed by atoms with Crippen LogP contribution < -0.4 is 0 Å². The molecule has 0 spiro atoms. The summed E-state index contributed by atoms with van der Waals surface area (Å²) in [6, 6.07) is 6.39. The van der Waals surface area contributed by atoms with Gasteiger partial charge in [-0.2, -0.15) is 5.10 Å². The third kappa shape index (κ3) is 2.16. The highest BCUT2D eigenvalue weighted by Gasteiger charge is 2.11. The first-order chi connectivity index (χ1) is 9.56. The van der Waals surface area contributed by atoms with Crippen molar-refractivity contribution < 1.29 is 0 Å². The number of aryl methyl sites for hydroxylation is 1. The van der Waals surface area contributed by atoms with Crippen LogP contribution in [-0.4, -0.2) is 19.7 Å². The number of hydrogen-bond donors (Lipinski definition) is 0. The van der Waals surface area contributed by atoms with E-state index >= 15 is 0 Å². The van der Waals surface area contributed by atoms with Crippen molar-refractivity contribution in [2.45, 2.75) is 26.8 Å². The lowest BCUT2D eigenvalue weighted by Gasteiger charge is -2.09. The predicted octanol–water partition coefficient (Wildman–Crippen LogP) is 4.04. The van der Waals surface area contributed by atoms with E-state index in [1.54, 1.807) is 6.20 Å². The molecule has 0 radical (unpaired) electrons. The molecular formula is C15H15ClN4. The van der Waals surface area contributed by atoms with Crippen LogP contribution in [0.4, 0.5) is 0 Å². The van der Waals surface area contributed by atoms with Crippen LogP contribution in [0.5, 0.6) is 0 Å². The highest BCUT2D eigenvalue weighted by molar-refractivity contribution is 6.28. The van der Waals surface area contributed by atoms with E-state index in [0.29, 0.717) is 6.04 Å². The monoisotopic (exact) mass is 286 g/mol. The topological polar surface area (TPSA) is 43.6 Å². The number of aromatic nitrogens is 4. The van der Waals surface area contributed by atoms with Gasteiger partial charge in [0.25, 0.3) is 0 Å². The molecule has 102 valence electrons. The maximum absolute atomic E-state index is 5.87. The molecule has 20 heavy (non-hydrogen) atoms. The Kier molecular flexibility index (Phi) is 3.18. The Hall–Kier alpha value is -1.94. The molecule has 0 atom stereocenters. The van der Waals surface area contributed by atoms with Crippen molar-refractivity contribution in [3.63, 3.8) is 0 Å². The molecule has 0 amide bonds. The van der Waals surface area contributed by atoms with Crippen molar-refractivity contribution in [2.75, 3.05) is 0 Å². The van der Waals surface area contributed by atoms with Crippen LogP contribution in [-0.2, 0) is 0 Å². The first-order valence-corrected chi connectivity index (χ1v) is 6.91. The molecule has 0 aliphatic heterocycles. The molecule has 0 unspecified atom stereocenters. The zero-order valence-corrected chi connectivity index (χ0v) is 12.4. The van der Waals surface area contributed by atoms with Gasteiger partial charge >= 0.3 is 0 Å². The van der Waals surface area contributed by atoms with Crippen LogP contribution in [0.3, 0.4) is 0 Å². The molecule has 3 rings (SSSR count). The Morgan fingerprint density at radius 1 is 1.25 bits per heavy atom. The van der Waals surface area contributed by atoms with Crippen molar-refractivity contribution >= 4 is 22.5 Å². The highest BCUT2D eigenvalue weighted by Crippen LogP contribution is 2.28. The molecule has 0 aliphatic rings. The fourth-order valence-electron chi connectivity index (χ4n) is 2.37. The van der Waals surface area contributed by atoms with Gasteiger partial charge in [0.15, 0.2) is 0 Å². The molecular weight excluding hydrogens is 272 g/mol. The van der Waals surface area contributed by atoms with E-state index in [1.165, 1.54) is 10.9 Å². The first-order valence-electron chi connectivity index (χ1n) is 6.53. The van der Waals surface area contributed by atoms with Crippen molar-refractivity contribution in [3.05, 3.63) is 41.4 Å². The smallest absolute Gasteiger partial charge is 0.222 e. The second-order valence-corrected chi connectivity index (χ2v) is 5.46. The van der Waals surface area contributed by atoms with E-state index in [0.717, 1.165) is 16.8 Å².